The lowest BCUT2D eigenvalue weighted by molar-refractivity contribution is -0.111. The van der Waals surface area contributed by atoms with Crippen LogP contribution in [0.25, 0.3) is 0 Å². The summed E-state index contributed by atoms with van der Waals surface area (Å²) in [5.74, 6) is -0.333. The number of likely N-dealkylation sites (N-methyl/N-ethyl adjacent to an activating group) is 1. The van der Waals surface area contributed by atoms with E-state index >= 15 is 0 Å². The van der Waals surface area contributed by atoms with Gasteiger partial charge in [-0.05, 0) is 49.4 Å². The fourth-order valence-corrected chi connectivity index (χ4v) is 3.63. The van der Waals surface area contributed by atoms with Crippen molar-refractivity contribution in [1.29, 1.82) is 0 Å². The Balaban J connectivity index is 1.60. The van der Waals surface area contributed by atoms with Crippen molar-refractivity contribution in [2.75, 3.05) is 50.3 Å². The minimum absolute atomic E-state index is 0.0685. The van der Waals surface area contributed by atoms with E-state index in [0.29, 0.717) is 53.8 Å². The molecule has 0 radical (unpaired) electrons. The molecule has 0 saturated heterocycles. The van der Waals surface area contributed by atoms with Crippen LogP contribution < -0.4 is 30.9 Å². The normalized spacial score (nSPS) is 12.2. The molecule has 1 aromatic heterocycles. The van der Waals surface area contributed by atoms with E-state index in [-0.39, 0.29) is 11.8 Å². The molecule has 0 spiro atoms. The number of methoxy groups -OCH3 is 1. The highest BCUT2D eigenvalue weighted by Crippen LogP contribution is 2.38. The largest absolute Gasteiger partial charge is 0.494 e. The summed E-state index contributed by atoms with van der Waals surface area (Å²) in [6.45, 7) is 4.83. The van der Waals surface area contributed by atoms with E-state index in [1.54, 1.807) is 30.3 Å². The van der Waals surface area contributed by atoms with Crippen LogP contribution in [0.3, 0.4) is 0 Å². The molecule has 0 fully saturated rings. The molecule has 0 unspecified atom stereocenters. The van der Waals surface area contributed by atoms with Crippen LogP contribution in [0.15, 0.2) is 49.2 Å². The average molecular weight is 522 g/mol. The summed E-state index contributed by atoms with van der Waals surface area (Å²) in [5.41, 5.74) is 2.75. The van der Waals surface area contributed by atoms with E-state index in [1.165, 1.54) is 7.11 Å². The van der Waals surface area contributed by atoms with Crippen LogP contribution >= 0.6 is 0 Å². The van der Waals surface area contributed by atoms with Gasteiger partial charge in [0.2, 0.25) is 11.9 Å². The second-order valence-corrected chi connectivity index (χ2v) is 8.61. The predicted octanol–water partition coefficient (Wildman–Crippen LogP) is 2.39. The lowest BCUT2D eigenvalue weighted by Crippen LogP contribution is -2.28. The minimum Gasteiger partial charge on any atom is -0.494 e. The molecule has 3 aromatic rings. The number of nitrogens with one attached hydrogen (secondary N) is 3. The number of hydrogen-bond donors (Lipinski definition) is 4. The number of hydrogen-bond acceptors (Lipinski definition) is 10. The number of anilines is 5. The Hall–Kier alpha value is -4.20. The van der Waals surface area contributed by atoms with E-state index < -0.39 is 18.8 Å². The van der Waals surface area contributed by atoms with Gasteiger partial charge in [-0.15, -0.1) is 0 Å². The molecule has 0 aliphatic carbocycles. The smallest absolute Gasteiger partial charge is 0.491 e. The van der Waals surface area contributed by atoms with Crippen LogP contribution in [0.1, 0.15) is 5.56 Å². The first-order valence-electron chi connectivity index (χ1n) is 11.7. The Labute approximate surface area is 219 Å². The number of aromatic nitrogens is 2. The number of carbonyl (C=O) groups is 1. The lowest BCUT2D eigenvalue weighted by Gasteiger charge is -2.18. The molecule has 38 heavy (non-hydrogen) atoms. The molecule has 4 rings (SSSR count). The van der Waals surface area contributed by atoms with Gasteiger partial charge in [-0.25, -0.2) is 9.37 Å². The van der Waals surface area contributed by atoms with E-state index in [0.717, 1.165) is 17.8 Å². The fraction of sp³-hybridized carbons (Fsp3) is 0.240. The topological polar surface area (TPSA) is 130 Å². The van der Waals surface area contributed by atoms with Crippen molar-refractivity contribution in [1.82, 2.24) is 14.9 Å². The molecule has 13 heteroatoms. The lowest BCUT2D eigenvalue weighted by atomic mass is 9.79. The SMILES string of the molecule is C=CC(=O)Nc1cc(Nc2ncc(F)c(Nc3ccc4c(c3)B(O)OC4)n2)c(OC)cc1OCCN(C)C. The monoisotopic (exact) mass is 522 g/mol. The number of carbonyl (C=O) groups excluding carboxylic acids is 1. The highest BCUT2D eigenvalue weighted by atomic mass is 19.1. The van der Waals surface area contributed by atoms with Gasteiger partial charge in [-0.1, -0.05) is 12.6 Å². The van der Waals surface area contributed by atoms with Crippen LogP contribution in [0.4, 0.5) is 33.2 Å². The summed E-state index contributed by atoms with van der Waals surface area (Å²) in [7, 11) is 4.30. The van der Waals surface area contributed by atoms with Crippen LogP contribution in [0, 0.1) is 5.82 Å². The maximum Gasteiger partial charge on any atom is 0.491 e. The van der Waals surface area contributed by atoms with Gasteiger partial charge in [0.15, 0.2) is 11.6 Å². The molecule has 2 heterocycles. The third kappa shape index (κ3) is 6.38. The maximum absolute atomic E-state index is 14.6. The quantitative estimate of drug-likeness (QED) is 0.220. The Bertz CT molecular complexity index is 1340. The Kier molecular flexibility index (Phi) is 8.41. The van der Waals surface area contributed by atoms with Crippen LogP contribution in [0.2, 0.25) is 0 Å². The van der Waals surface area contributed by atoms with Gasteiger partial charge in [0.25, 0.3) is 0 Å². The number of fused-ring (bicyclic) bond motifs is 1. The van der Waals surface area contributed by atoms with Crippen LogP contribution in [-0.2, 0) is 16.1 Å². The summed E-state index contributed by atoms with van der Waals surface area (Å²) >= 11 is 0. The van der Waals surface area contributed by atoms with Crippen molar-refractivity contribution >= 4 is 47.3 Å². The molecule has 1 aliphatic heterocycles. The molecule has 0 bridgehead atoms. The molecule has 0 saturated carbocycles. The standard InChI is InChI=1S/C25H28BFN6O5/c1-5-23(34)30-20-11-19(21(36-4)12-22(20)37-9-8-33(2)3)31-25-28-13-18(27)24(32-25)29-16-7-6-15-14-38-26(35)17(15)10-16/h5-7,10-13,35H,1,8-9,14H2,2-4H3,(H,30,34)(H2,28,29,31,32). The van der Waals surface area contributed by atoms with Crippen molar-refractivity contribution in [3.8, 4) is 11.5 Å². The number of rotatable bonds is 11. The number of benzene rings is 2. The van der Waals surface area contributed by atoms with Gasteiger partial charge >= 0.3 is 7.12 Å². The number of ether oxygens (including phenoxy) is 2. The van der Waals surface area contributed by atoms with Gasteiger partial charge in [0.05, 0.1) is 31.3 Å². The molecule has 11 nitrogen and oxygen atoms in total. The van der Waals surface area contributed by atoms with E-state index in [2.05, 4.69) is 32.5 Å². The fourth-order valence-electron chi connectivity index (χ4n) is 3.63. The molecular weight excluding hydrogens is 494 g/mol. The Morgan fingerprint density at radius 2 is 2.08 bits per heavy atom. The summed E-state index contributed by atoms with van der Waals surface area (Å²) in [6, 6.07) is 8.43. The van der Waals surface area contributed by atoms with E-state index in [4.69, 9.17) is 14.1 Å². The third-order valence-electron chi connectivity index (χ3n) is 5.60. The van der Waals surface area contributed by atoms with Crippen molar-refractivity contribution in [2.24, 2.45) is 0 Å². The van der Waals surface area contributed by atoms with Crippen LogP contribution in [0.5, 0.6) is 11.5 Å². The van der Waals surface area contributed by atoms with E-state index in [9.17, 15) is 14.2 Å². The first-order chi connectivity index (χ1) is 18.3. The average Bonchev–Trinajstić information content (AvgIpc) is 3.26. The van der Waals surface area contributed by atoms with Gasteiger partial charge < -0.3 is 40.0 Å². The molecule has 198 valence electrons. The maximum atomic E-state index is 14.6. The second kappa shape index (κ2) is 11.9. The zero-order chi connectivity index (χ0) is 27.2. The van der Waals surface area contributed by atoms with Crippen molar-refractivity contribution < 1.29 is 28.3 Å². The van der Waals surface area contributed by atoms with Crippen LogP contribution in [-0.4, -0.2) is 67.3 Å². The molecule has 1 amide bonds. The molecule has 2 aromatic carbocycles. The van der Waals surface area contributed by atoms with E-state index in [1.807, 2.05) is 19.0 Å². The number of halogens is 1. The zero-order valence-electron chi connectivity index (χ0n) is 21.2. The first kappa shape index (κ1) is 26.9. The minimum atomic E-state index is -1.03. The Morgan fingerprint density at radius 1 is 1.26 bits per heavy atom. The summed E-state index contributed by atoms with van der Waals surface area (Å²) in [4.78, 5) is 22.3. The van der Waals surface area contributed by atoms with Gasteiger partial charge in [0.1, 0.15) is 18.1 Å². The van der Waals surface area contributed by atoms with Crippen molar-refractivity contribution in [3.63, 3.8) is 0 Å². The molecule has 4 N–H and O–H groups in total. The molecule has 1 aliphatic rings. The number of amides is 1. The zero-order valence-corrected chi connectivity index (χ0v) is 21.2. The first-order valence-corrected chi connectivity index (χ1v) is 11.7. The summed E-state index contributed by atoms with van der Waals surface area (Å²) in [6.07, 6.45) is 2.17. The third-order valence-corrected chi connectivity index (χ3v) is 5.60. The van der Waals surface area contributed by atoms with Gasteiger partial charge in [-0.2, -0.15) is 4.98 Å². The summed E-state index contributed by atoms with van der Waals surface area (Å²) in [5, 5.41) is 18.6. The van der Waals surface area contributed by atoms with Crippen molar-refractivity contribution in [2.45, 2.75) is 6.61 Å². The Morgan fingerprint density at radius 3 is 2.82 bits per heavy atom. The highest BCUT2D eigenvalue weighted by molar-refractivity contribution is 6.61. The second-order valence-electron chi connectivity index (χ2n) is 8.61. The highest BCUT2D eigenvalue weighted by Gasteiger charge is 2.27. The number of nitrogens with zero attached hydrogens (tertiary/aromatic N) is 3. The molecular formula is C25H28BFN6O5. The van der Waals surface area contributed by atoms with Gasteiger partial charge in [0, 0.05) is 18.3 Å². The summed E-state index contributed by atoms with van der Waals surface area (Å²) < 4.78 is 31.2. The van der Waals surface area contributed by atoms with Gasteiger partial charge in [-0.3, -0.25) is 4.79 Å². The molecule has 0 atom stereocenters. The van der Waals surface area contributed by atoms with Crippen molar-refractivity contribution in [3.05, 3.63) is 60.6 Å². The predicted molar refractivity (Wildman–Crippen MR) is 143 cm³/mol.